The molecule has 0 amide bonds. The fourth-order valence-corrected chi connectivity index (χ4v) is 5.29. The van der Waals surface area contributed by atoms with Crippen LogP contribution in [0.1, 0.15) is 117 Å². The molecule has 0 radical (unpaired) electrons. The number of carbonyl (C=O) groups excluding carboxylic acids is 2. The maximum Gasteiger partial charge on any atom is 0.472 e. The van der Waals surface area contributed by atoms with Crippen LogP contribution in [0.4, 0.5) is 0 Å². The lowest BCUT2D eigenvalue weighted by molar-refractivity contribution is -0.161. The molecule has 0 aliphatic rings. The number of hydrogen-bond donors (Lipinski definition) is 3. The van der Waals surface area contributed by atoms with Crippen molar-refractivity contribution in [3.05, 3.63) is 109 Å². The summed E-state index contributed by atoms with van der Waals surface area (Å²) in [7, 11) is -4.74. The van der Waals surface area contributed by atoms with Crippen molar-refractivity contribution in [2.45, 2.75) is 129 Å². The predicted molar refractivity (Wildman–Crippen MR) is 226 cm³/mol. The van der Waals surface area contributed by atoms with Gasteiger partial charge in [0, 0.05) is 12.8 Å². The minimum absolute atomic E-state index is 0.1000. The molecular weight excluding hydrogens is 733 g/mol. The van der Waals surface area contributed by atoms with Gasteiger partial charge in [0.1, 0.15) is 12.6 Å². The number of carboxylic acids is 1. The van der Waals surface area contributed by atoms with Crippen LogP contribution in [0.3, 0.4) is 0 Å². The number of phosphoric ester groups is 1. The van der Waals surface area contributed by atoms with Gasteiger partial charge in [-0.1, -0.05) is 136 Å². The van der Waals surface area contributed by atoms with Crippen molar-refractivity contribution in [2.24, 2.45) is 5.73 Å². The monoisotopic (exact) mass is 801 g/mol. The van der Waals surface area contributed by atoms with Gasteiger partial charge < -0.3 is 25.2 Å². The second-order valence-electron chi connectivity index (χ2n) is 12.7. The summed E-state index contributed by atoms with van der Waals surface area (Å²) in [5, 5.41) is 8.87. The highest BCUT2D eigenvalue weighted by Gasteiger charge is 2.28. The zero-order valence-corrected chi connectivity index (χ0v) is 34.6. The Morgan fingerprint density at radius 1 is 0.571 bits per heavy atom. The van der Waals surface area contributed by atoms with Crippen molar-refractivity contribution < 1.29 is 47.5 Å². The largest absolute Gasteiger partial charge is 0.480 e. The lowest BCUT2D eigenvalue weighted by Gasteiger charge is -2.20. The summed E-state index contributed by atoms with van der Waals surface area (Å²) in [5.41, 5.74) is 5.31. The molecule has 3 atom stereocenters. The van der Waals surface area contributed by atoms with E-state index in [9.17, 15) is 23.8 Å². The number of phosphoric acid groups is 1. The maximum absolute atomic E-state index is 12.6. The first-order valence-electron chi connectivity index (χ1n) is 20.0. The highest BCUT2D eigenvalue weighted by atomic mass is 31.2. The number of hydrogen-bond acceptors (Lipinski definition) is 9. The molecule has 314 valence electrons. The van der Waals surface area contributed by atoms with E-state index in [1.807, 2.05) is 36.5 Å². The van der Waals surface area contributed by atoms with E-state index in [1.165, 1.54) is 0 Å². The first kappa shape index (κ1) is 52.1. The average molecular weight is 802 g/mol. The molecule has 0 saturated carbocycles. The molecule has 0 aromatic rings. The van der Waals surface area contributed by atoms with Crippen LogP contribution in [0.5, 0.6) is 0 Å². The van der Waals surface area contributed by atoms with Gasteiger partial charge in [-0.2, -0.15) is 0 Å². The Morgan fingerprint density at radius 2 is 1.04 bits per heavy atom. The molecule has 4 N–H and O–H groups in total. The Hall–Kier alpha value is -3.86. The molecule has 0 rings (SSSR count). The Labute approximate surface area is 336 Å². The van der Waals surface area contributed by atoms with Crippen molar-refractivity contribution >= 4 is 25.7 Å². The summed E-state index contributed by atoms with van der Waals surface area (Å²) in [6.45, 7) is 2.43. The van der Waals surface area contributed by atoms with E-state index in [0.29, 0.717) is 12.8 Å². The molecule has 0 heterocycles. The second kappa shape index (κ2) is 38.0. The SMILES string of the molecule is CC/C=C/C=C/C=C/C=C/CCCCCC(=O)OC(COC(=O)CCCCC/C=C/C/C=C/C/C=C/C/C=C/C/C=C/CC)COP(=O)(O)OC[C@@H](N)C(=O)O. The Balaban J connectivity index is 4.54. The Bertz CT molecular complexity index is 1360. The van der Waals surface area contributed by atoms with E-state index in [-0.39, 0.29) is 19.4 Å². The van der Waals surface area contributed by atoms with E-state index in [4.69, 9.17) is 24.8 Å². The first-order chi connectivity index (χ1) is 27.1. The van der Waals surface area contributed by atoms with Crippen LogP contribution in [-0.4, -0.2) is 59.9 Å². The van der Waals surface area contributed by atoms with E-state index in [2.05, 4.69) is 91.3 Å². The average Bonchev–Trinajstić information content (AvgIpc) is 3.17. The van der Waals surface area contributed by atoms with Crippen LogP contribution < -0.4 is 5.73 Å². The van der Waals surface area contributed by atoms with E-state index < -0.39 is 51.1 Å². The van der Waals surface area contributed by atoms with Gasteiger partial charge >= 0.3 is 25.7 Å². The van der Waals surface area contributed by atoms with Crippen LogP contribution in [0.15, 0.2) is 109 Å². The maximum atomic E-state index is 12.6. The summed E-state index contributed by atoms with van der Waals surface area (Å²) >= 11 is 0. The molecule has 0 aromatic carbocycles. The summed E-state index contributed by atoms with van der Waals surface area (Å²) in [6, 6.07) is -1.54. The van der Waals surface area contributed by atoms with Crippen LogP contribution in [0.2, 0.25) is 0 Å². The number of rotatable bonds is 35. The summed E-state index contributed by atoms with van der Waals surface area (Å²) in [4.78, 5) is 45.8. The second-order valence-corrected chi connectivity index (χ2v) is 14.2. The molecule has 0 bridgehead atoms. The van der Waals surface area contributed by atoms with Gasteiger partial charge in [0.05, 0.1) is 13.2 Å². The summed E-state index contributed by atoms with van der Waals surface area (Å²) in [6.07, 6.45) is 48.8. The molecule has 2 unspecified atom stereocenters. The van der Waals surface area contributed by atoms with Crippen molar-refractivity contribution in [3.8, 4) is 0 Å². The van der Waals surface area contributed by atoms with Gasteiger partial charge in [0.2, 0.25) is 0 Å². The smallest absolute Gasteiger partial charge is 0.472 e. The van der Waals surface area contributed by atoms with E-state index in [1.54, 1.807) is 0 Å². The minimum atomic E-state index is -4.74. The van der Waals surface area contributed by atoms with Crippen molar-refractivity contribution in [1.82, 2.24) is 0 Å². The number of carboxylic acid groups (broad SMARTS) is 1. The standard InChI is InChI=1S/C44H68NO10P/c1-3-5-7-9-11-13-15-17-18-19-20-21-22-24-25-27-29-31-33-35-42(46)52-37-40(38-53-56(50,51)54-39-41(45)44(48)49)55-43(47)36-34-32-30-28-26-23-16-14-12-10-8-6-4-2/h5-8,10-14,16-18,20-21,23-26,40-41H,3-4,9,15,19,22,27-39,45H2,1-2H3,(H,48,49)(H,50,51)/b7-5+,8-6+,12-10+,13-11+,16-14+,18-17+,21-20+,25-24+,26-23+/t40?,41-/m1/s1. The van der Waals surface area contributed by atoms with Crippen molar-refractivity contribution in [2.75, 3.05) is 19.8 Å². The van der Waals surface area contributed by atoms with Gasteiger partial charge in [-0.15, -0.1) is 0 Å². The fourth-order valence-electron chi connectivity index (χ4n) is 4.51. The molecule has 56 heavy (non-hydrogen) atoms. The zero-order chi connectivity index (χ0) is 41.4. The number of esters is 2. The molecule has 0 aliphatic carbocycles. The minimum Gasteiger partial charge on any atom is -0.480 e. The van der Waals surface area contributed by atoms with Crippen LogP contribution in [0, 0.1) is 0 Å². The van der Waals surface area contributed by atoms with Gasteiger partial charge in [-0.3, -0.25) is 23.4 Å². The highest BCUT2D eigenvalue weighted by molar-refractivity contribution is 7.47. The highest BCUT2D eigenvalue weighted by Crippen LogP contribution is 2.43. The number of carbonyl (C=O) groups is 3. The van der Waals surface area contributed by atoms with Crippen molar-refractivity contribution in [1.29, 1.82) is 0 Å². The van der Waals surface area contributed by atoms with Crippen LogP contribution in [-0.2, 0) is 37.5 Å². The van der Waals surface area contributed by atoms with Gasteiger partial charge in [0.25, 0.3) is 0 Å². The number of allylic oxidation sites excluding steroid dienone is 18. The Kier molecular flexibility index (Phi) is 35.4. The molecule has 0 spiro atoms. The Morgan fingerprint density at radius 3 is 1.59 bits per heavy atom. The third kappa shape index (κ3) is 37.1. The molecule has 0 fully saturated rings. The number of aliphatic carboxylic acids is 1. The van der Waals surface area contributed by atoms with Gasteiger partial charge in [-0.05, 0) is 77.0 Å². The molecule has 0 aliphatic heterocycles. The summed E-state index contributed by atoms with van der Waals surface area (Å²) in [5.74, 6) is -2.49. The van der Waals surface area contributed by atoms with Crippen molar-refractivity contribution in [3.63, 3.8) is 0 Å². The third-order valence-corrected chi connectivity index (χ3v) is 8.56. The number of ether oxygens (including phenoxy) is 2. The number of unbranched alkanes of at least 4 members (excludes halogenated alkanes) is 6. The van der Waals surface area contributed by atoms with E-state index >= 15 is 0 Å². The molecule has 0 aromatic heterocycles. The van der Waals surface area contributed by atoms with Gasteiger partial charge in [-0.25, -0.2) is 4.57 Å². The lowest BCUT2D eigenvalue weighted by Crippen LogP contribution is -2.34. The zero-order valence-electron chi connectivity index (χ0n) is 33.7. The van der Waals surface area contributed by atoms with Crippen LogP contribution >= 0.6 is 7.82 Å². The predicted octanol–water partition coefficient (Wildman–Crippen LogP) is 10.3. The van der Waals surface area contributed by atoms with Gasteiger partial charge in [0.15, 0.2) is 6.10 Å². The molecule has 12 heteroatoms. The molecule has 11 nitrogen and oxygen atoms in total. The molecule has 0 saturated heterocycles. The van der Waals surface area contributed by atoms with Crippen LogP contribution in [0.25, 0.3) is 0 Å². The number of nitrogens with two attached hydrogens (primary N) is 1. The summed E-state index contributed by atoms with van der Waals surface area (Å²) < 4.78 is 32.5. The topological polar surface area (TPSA) is 172 Å². The third-order valence-electron chi connectivity index (χ3n) is 7.61. The quantitative estimate of drug-likeness (QED) is 0.0183. The fraction of sp³-hybridized carbons (Fsp3) is 0.523. The van der Waals surface area contributed by atoms with E-state index in [0.717, 1.165) is 77.0 Å². The molecular formula is C44H68NO10P. The lowest BCUT2D eigenvalue weighted by atomic mass is 10.1. The normalized spacial score (nSPS) is 14.9. The first-order valence-corrected chi connectivity index (χ1v) is 21.5.